The lowest BCUT2D eigenvalue weighted by atomic mass is 10.1. The van der Waals surface area contributed by atoms with Gasteiger partial charge in [0.15, 0.2) is 5.13 Å². The fourth-order valence-electron chi connectivity index (χ4n) is 2.32. The maximum absolute atomic E-state index is 12.7. The summed E-state index contributed by atoms with van der Waals surface area (Å²) < 4.78 is 0. The molecule has 0 saturated carbocycles. The minimum Gasteiger partial charge on any atom is -0.329 e. The van der Waals surface area contributed by atoms with Gasteiger partial charge in [0.2, 0.25) is 5.91 Å². The van der Waals surface area contributed by atoms with Gasteiger partial charge in [-0.15, -0.1) is 11.3 Å². The third-order valence-electron chi connectivity index (χ3n) is 3.61. The van der Waals surface area contributed by atoms with E-state index in [4.69, 9.17) is 11.6 Å². The van der Waals surface area contributed by atoms with E-state index in [2.05, 4.69) is 17.2 Å². The minimum atomic E-state index is -0.242. The summed E-state index contributed by atoms with van der Waals surface area (Å²) >= 11 is 7.29. The van der Waals surface area contributed by atoms with Crippen molar-refractivity contribution in [2.24, 2.45) is 0 Å². The molecule has 0 atom stereocenters. The summed E-state index contributed by atoms with van der Waals surface area (Å²) in [5, 5.41) is 3.88. The SMILES string of the molecule is CCCCCN(CC(=O)Nc1ncc(C)s1)C(=O)c1ccc(Cl)cc1. The molecule has 0 aliphatic rings. The molecule has 2 rings (SSSR count). The highest BCUT2D eigenvalue weighted by atomic mass is 35.5. The Labute approximate surface area is 157 Å². The molecule has 0 aliphatic carbocycles. The average Bonchev–Trinajstić information content (AvgIpc) is 2.99. The molecule has 5 nitrogen and oxygen atoms in total. The van der Waals surface area contributed by atoms with Crippen LogP contribution in [0.4, 0.5) is 5.13 Å². The molecule has 1 heterocycles. The van der Waals surface area contributed by atoms with E-state index in [1.165, 1.54) is 11.3 Å². The van der Waals surface area contributed by atoms with Crippen molar-refractivity contribution >= 4 is 39.9 Å². The zero-order valence-electron chi connectivity index (χ0n) is 14.4. The fraction of sp³-hybridized carbons (Fsp3) is 0.389. The molecule has 2 aromatic rings. The average molecular weight is 380 g/mol. The van der Waals surface area contributed by atoms with Crippen LogP contribution >= 0.6 is 22.9 Å². The summed E-state index contributed by atoms with van der Waals surface area (Å²) in [5.41, 5.74) is 0.527. The number of benzene rings is 1. The minimum absolute atomic E-state index is 0.00377. The lowest BCUT2D eigenvalue weighted by Crippen LogP contribution is -2.38. The van der Waals surface area contributed by atoms with Crippen molar-refractivity contribution in [2.45, 2.75) is 33.1 Å². The second-order valence-electron chi connectivity index (χ2n) is 5.76. The van der Waals surface area contributed by atoms with Crippen LogP contribution in [0.15, 0.2) is 30.5 Å². The monoisotopic (exact) mass is 379 g/mol. The molecule has 1 aromatic carbocycles. The van der Waals surface area contributed by atoms with Crippen molar-refractivity contribution < 1.29 is 9.59 Å². The Morgan fingerprint density at radius 1 is 1.24 bits per heavy atom. The lowest BCUT2D eigenvalue weighted by Gasteiger charge is -2.22. The standard InChI is InChI=1S/C18H22ClN3O2S/c1-3-4-5-10-22(17(24)14-6-8-15(19)9-7-14)12-16(23)21-18-20-11-13(2)25-18/h6-9,11H,3-5,10,12H2,1-2H3,(H,20,21,23). The summed E-state index contributed by atoms with van der Waals surface area (Å²) in [5.74, 6) is -0.411. The maximum Gasteiger partial charge on any atom is 0.254 e. The summed E-state index contributed by atoms with van der Waals surface area (Å²) in [7, 11) is 0. The fourth-order valence-corrected chi connectivity index (χ4v) is 3.13. The molecule has 0 spiro atoms. The molecular weight excluding hydrogens is 358 g/mol. The summed E-state index contributed by atoms with van der Waals surface area (Å²) in [6.07, 6.45) is 4.63. The highest BCUT2D eigenvalue weighted by Gasteiger charge is 2.19. The van der Waals surface area contributed by atoms with E-state index >= 15 is 0 Å². The predicted octanol–water partition coefficient (Wildman–Crippen LogP) is 4.38. The third kappa shape index (κ3) is 6.14. The maximum atomic E-state index is 12.7. The van der Waals surface area contributed by atoms with Crippen LogP contribution in [-0.4, -0.2) is 34.8 Å². The number of thiazole rings is 1. The van der Waals surface area contributed by atoms with Crippen LogP contribution in [0.2, 0.25) is 5.02 Å². The van der Waals surface area contributed by atoms with Crippen molar-refractivity contribution in [1.29, 1.82) is 0 Å². The molecule has 0 fully saturated rings. The first kappa shape index (κ1) is 19.4. The van der Waals surface area contributed by atoms with Crippen molar-refractivity contribution in [3.05, 3.63) is 45.9 Å². The zero-order chi connectivity index (χ0) is 18.2. The van der Waals surface area contributed by atoms with Crippen LogP contribution in [0.5, 0.6) is 0 Å². The van der Waals surface area contributed by atoms with Crippen LogP contribution in [0.1, 0.15) is 41.4 Å². The van der Waals surface area contributed by atoms with E-state index in [-0.39, 0.29) is 18.4 Å². The highest BCUT2D eigenvalue weighted by Crippen LogP contribution is 2.17. The number of anilines is 1. The first-order chi connectivity index (χ1) is 12.0. The number of hydrogen-bond acceptors (Lipinski definition) is 4. The van der Waals surface area contributed by atoms with E-state index in [9.17, 15) is 9.59 Å². The van der Waals surface area contributed by atoms with Gasteiger partial charge in [-0.3, -0.25) is 9.59 Å². The number of nitrogens with zero attached hydrogens (tertiary/aromatic N) is 2. The normalized spacial score (nSPS) is 10.5. The first-order valence-electron chi connectivity index (χ1n) is 8.26. The summed E-state index contributed by atoms with van der Waals surface area (Å²) in [6, 6.07) is 6.72. The quantitative estimate of drug-likeness (QED) is 0.692. The molecule has 2 amide bonds. The number of unbranched alkanes of at least 4 members (excludes halogenated alkanes) is 2. The van der Waals surface area contributed by atoms with Gasteiger partial charge < -0.3 is 10.2 Å². The number of carbonyl (C=O) groups excluding carboxylic acids is 2. The number of aryl methyl sites for hydroxylation is 1. The second-order valence-corrected chi connectivity index (χ2v) is 7.44. The van der Waals surface area contributed by atoms with Gasteiger partial charge in [0.25, 0.3) is 5.91 Å². The number of hydrogen-bond donors (Lipinski definition) is 1. The van der Waals surface area contributed by atoms with Crippen molar-refractivity contribution in [1.82, 2.24) is 9.88 Å². The number of carbonyl (C=O) groups is 2. The predicted molar refractivity (Wildman–Crippen MR) is 102 cm³/mol. The molecule has 7 heteroatoms. The summed E-state index contributed by atoms with van der Waals surface area (Å²) in [6.45, 7) is 4.57. The number of nitrogens with one attached hydrogen (secondary N) is 1. The summed E-state index contributed by atoms with van der Waals surface area (Å²) in [4.78, 5) is 31.7. The van der Waals surface area contributed by atoms with E-state index in [1.54, 1.807) is 35.4 Å². The van der Waals surface area contributed by atoms with Crippen molar-refractivity contribution in [3.8, 4) is 0 Å². The van der Waals surface area contributed by atoms with Gasteiger partial charge >= 0.3 is 0 Å². The number of rotatable bonds is 8. The van der Waals surface area contributed by atoms with Crippen LogP contribution in [0.25, 0.3) is 0 Å². The van der Waals surface area contributed by atoms with Crippen LogP contribution in [0, 0.1) is 6.92 Å². The molecule has 0 saturated heterocycles. The zero-order valence-corrected chi connectivity index (χ0v) is 16.0. The molecular formula is C18H22ClN3O2S. The van der Waals surface area contributed by atoms with E-state index < -0.39 is 0 Å². The third-order valence-corrected chi connectivity index (χ3v) is 4.69. The Hall–Kier alpha value is -1.92. The molecule has 0 unspecified atom stereocenters. The van der Waals surface area contributed by atoms with Gasteiger partial charge in [0.05, 0.1) is 0 Å². The second kappa shape index (κ2) is 9.53. The molecule has 134 valence electrons. The lowest BCUT2D eigenvalue weighted by molar-refractivity contribution is -0.116. The molecule has 1 aromatic heterocycles. The van der Waals surface area contributed by atoms with E-state index in [1.807, 2.05) is 6.92 Å². The Bertz CT molecular complexity index is 715. The molecule has 1 N–H and O–H groups in total. The van der Waals surface area contributed by atoms with Gasteiger partial charge in [-0.2, -0.15) is 0 Å². The number of halogens is 1. The molecule has 0 bridgehead atoms. The first-order valence-corrected chi connectivity index (χ1v) is 9.46. The number of amides is 2. The Kier molecular flexibility index (Phi) is 7.40. The smallest absolute Gasteiger partial charge is 0.254 e. The molecule has 0 aliphatic heterocycles. The van der Waals surface area contributed by atoms with Gasteiger partial charge in [0.1, 0.15) is 6.54 Å². The van der Waals surface area contributed by atoms with Gasteiger partial charge in [-0.05, 0) is 37.6 Å². The Morgan fingerprint density at radius 3 is 2.56 bits per heavy atom. The van der Waals surface area contributed by atoms with Gasteiger partial charge in [0, 0.05) is 28.2 Å². The van der Waals surface area contributed by atoms with Gasteiger partial charge in [-0.1, -0.05) is 31.4 Å². The van der Waals surface area contributed by atoms with Crippen LogP contribution in [0.3, 0.4) is 0 Å². The van der Waals surface area contributed by atoms with Crippen molar-refractivity contribution in [2.75, 3.05) is 18.4 Å². The largest absolute Gasteiger partial charge is 0.329 e. The van der Waals surface area contributed by atoms with Crippen molar-refractivity contribution in [3.63, 3.8) is 0 Å². The highest BCUT2D eigenvalue weighted by molar-refractivity contribution is 7.15. The molecule has 25 heavy (non-hydrogen) atoms. The van der Waals surface area contributed by atoms with E-state index in [0.717, 1.165) is 24.1 Å². The van der Waals surface area contributed by atoms with E-state index in [0.29, 0.717) is 22.3 Å². The van der Waals surface area contributed by atoms with Crippen LogP contribution < -0.4 is 5.32 Å². The molecule has 0 radical (unpaired) electrons. The number of aromatic nitrogens is 1. The van der Waals surface area contributed by atoms with Crippen LogP contribution in [-0.2, 0) is 4.79 Å². The topological polar surface area (TPSA) is 62.3 Å². The Balaban J connectivity index is 2.04. The van der Waals surface area contributed by atoms with Gasteiger partial charge in [-0.25, -0.2) is 4.98 Å². The Morgan fingerprint density at radius 2 is 1.96 bits per heavy atom.